The van der Waals surface area contributed by atoms with Crippen LogP contribution in [0.15, 0.2) is 22.8 Å². The Morgan fingerprint density at radius 2 is 2.21 bits per heavy atom. The molecule has 2 N–H and O–H groups in total. The summed E-state index contributed by atoms with van der Waals surface area (Å²) in [5.41, 5.74) is 8.62. The van der Waals surface area contributed by atoms with Crippen molar-refractivity contribution in [2.24, 2.45) is 5.73 Å². The second-order valence-electron chi connectivity index (χ2n) is 3.37. The zero-order chi connectivity index (χ0) is 10.1. The van der Waals surface area contributed by atoms with Gasteiger partial charge in [0.1, 0.15) is 0 Å². The van der Waals surface area contributed by atoms with Crippen LogP contribution in [0.1, 0.15) is 11.1 Å². The van der Waals surface area contributed by atoms with Gasteiger partial charge in [0, 0.05) is 5.39 Å². The van der Waals surface area contributed by atoms with Crippen molar-refractivity contribution in [3.05, 3.63) is 34.5 Å². The third kappa shape index (κ3) is 1.41. The summed E-state index contributed by atoms with van der Waals surface area (Å²) in [5.74, 6) is 0. The Hall–Kier alpha value is -0.990. The molecule has 0 bridgehead atoms. The van der Waals surface area contributed by atoms with Crippen molar-refractivity contribution in [2.45, 2.75) is 13.3 Å². The van der Waals surface area contributed by atoms with Crippen molar-refractivity contribution < 1.29 is 4.42 Å². The Morgan fingerprint density at radius 1 is 1.43 bits per heavy atom. The number of hydrogen-bond acceptors (Lipinski definition) is 2. The summed E-state index contributed by atoms with van der Waals surface area (Å²) in [5, 5.41) is 1.77. The predicted octanol–water partition coefficient (Wildman–Crippen LogP) is 2.90. The third-order valence-corrected chi connectivity index (χ3v) is 2.67. The maximum absolute atomic E-state index is 6.02. The molecule has 0 atom stereocenters. The van der Waals surface area contributed by atoms with Crippen LogP contribution in [-0.4, -0.2) is 6.54 Å². The summed E-state index contributed by atoms with van der Waals surface area (Å²) in [6, 6.07) is 3.86. The maximum Gasteiger partial charge on any atom is 0.152 e. The van der Waals surface area contributed by atoms with Gasteiger partial charge in [-0.05, 0) is 37.1 Å². The highest BCUT2D eigenvalue weighted by Crippen LogP contribution is 2.30. The molecule has 1 aromatic carbocycles. The van der Waals surface area contributed by atoms with Crippen molar-refractivity contribution >= 4 is 22.6 Å². The second kappa shape index (κ2) is 3.64. The normalized spacial score (nSPS) is 11.1. The lowest BCUT2D eigenvalue weighted by molar-refractivity contribution is 0.610. The van der Waals surface area contributed by atoms with Gasteiger partial charge in [-0.1, -0.05) is 17.7 Å². The Bertz CT molecular complexity index is 462. The molecule has 0 radical (unpaired) electrons. The van der Waals surface area contributed by atoms with E-state index in [-0.39, 0.29) is 0 Å². The first-order valence-corrected chi connectivity index (χ1v) is 4.97. The fourth-order valence-electron chi connectivity index (χ4n) is 1.70. The molecule has 1 aromatic heterocycles. The lowest BCUT2D eigenvalue weighted by Gasteiger charge is -1.99. The lowest BCUT2D eigenvalue weighted by atomic mass is 10.1. The summed E-state index contributed by atoms with van der Waals surface area (Å²) in [7, 11) is 0. The number of hydrogen-bond donors (Lipinski definition) is 1. The topological polar surface area (TPSA) is 39.2 Å². The Kier molecular flexibility index (Phi) is 2.48. The van der Waals surface area contributed by atoms with Crippen LogP contribution in [0.2, 0.25) is 5.02 Å². The Morgan fingerprint density at radius 3 is 2.93 bits per heavy atom. The zero-order valence-corrected chi connectivity index (χ0v) is 8.77. The molecule has 0 saturated carbocycles. The first-order chi connectivity index (χ1) is 6.74. The van der Waals surface area contributed by atoms with Crippen molar-refractivity contribution in [1.29, 1.82) is 0 Å². The summed E-state index contributed by atoms with van der Waals surface area (Å²) in [4.78, 5) is 0. The van der Waals surface area contributed by atoms with Crippen LogP contribution >= 0.6 is 11.6 Å². The van der Waals surface area contributed by atoms with Crippen LogP contribution in [0.4, 0.5) is 0 Å². The quantitative estimate of drug-likeness (QED) is 0.826. The fourth-order valence-corrected chi connectivity index (χ4v) is 1.90. The summed E-state index contributed by atoms with van der Waals surface area (Å²) in [6.45, 7) is 2.68. The van der Waals surface area contributed by atoms with Gasteiger partial charge in [0.25, 0.3) is 0 Å². The molecular formula is C11H12ClNO. The van der Waals surface area contributed by atoms with Crippen LogP contribution in [0.3, 0.4) is 0 Å². The van der Waals surface area contributed by atoms with E-state index in [1.807, 2.05) is 19.1 Å². The van der Waals surface area contributed by atoms with E-state index in [4.69, 9.17) is 21.8 Å². The highest BCUT2D eigenvalue weighted by Gasteiger charge is 2.10. The van der Waals surface area contributed by atoms with Gasteiger partial charge in [-0.15, -0.1) is 0 Å². The molecule has 74 valence electrons. The molecule has 14 heavy (non-hydrogen) atoms. The third-order valence-electron chi connectivity index (χ3n) is 2.37. The van der Waals surface area contributed by atoms with Crippen LogP contribution in [-0.2, 0) is 6.42 Å². The van der Waals surface area contributed by atoms with E-state index >= 15 is 0 Å². The number of benzene rings is 1. The molecule has 1 heterocycles. The van der Waals surface area contributed by atoms with Crippen LogP contribution in [0, 0.1) is 6.92 Å². The van der Waals surface area contributed by atoms with Crippen molar-refractivity contribution in [3.8, 4) is 0 Å². The Balaban J connectivity index is 2.70. The molecule has 0 amide bonds. The van der Waals surface area contributed by atoms with E-state index in [1.165, 1.54) is 5.56 Å². The monoisotopic (exact) mass is 209 g/mol. The standard InChI is InChI=1S/C11H12ClNO/c1-7-2-3-9(12)11-10(7)8(4-5-13)6-14-11/h2-3,6H,4-5,13H2,1H3. The summed E-state index contributed by atoms with van der Waals surface area (Å²) < 4.78 is 5.43. The van der Waals surface area contributed by atoms with Gasteiger partial charge < -0.3 is 10.2 Å². The Labute approximate surface area is 87.6 Å². The first-order valence-electron chi connectivity index (χ1n) is 4.59. The lowest BCUT2D eigenvalue weighted by Crippen LogP contribution is -2.02. The molecule has 0 fully saturated rings. The first kappa shape index (κ1) is 9.56. The molecule has 0 saturated heterocycles. The van der Waals surface area contributed by atoms with E-state index in [1.54, 1.807) is 6.26 Å². The number of nitrogens with two attached hydrogens (primary N) is 1. The molecule has 0 aliphatic rings. The SMILES string of the molecule is Cc1ccc(Cl)c2occ(CCN)c12. The number of rotatable bonds is 2. The zero-order valence-electron chi connectivity index (χ0n) is 8.01. The number of furan rings is 1. The van der Waals surface area contributed by atoms with E-state index < -0.39 is 0 Å². The van der Waals surface area contributed by atoms with E-state index in [9.17, 15) is 0 Å². The minimum absolute atomic E-state index is 0.626. The highest BCUT2D eigenvalue weighted by molar-refractivity contribution is 6.35. The van der Waals surface area contributed by atoms with E-state index in [2.05, 4.69) is 0 Å². The number of halogens is 1. The van der Waals surface area contributed by atoms with Gasteiger partial charge in [0.15, 0.2) is 5.58 Å². The van der Waals surface area contributed by atoms with E-state index in [0.717, 1.165) is 23.0 Å². The van der Waals surface area contributed by atoms with Crippen LogP contribution in [0.25, 0.3) is 11.0 Å². The molecule has 2 rings (SSSR count). The second-order valence-corrected chi connectivity index (χ2v) is 3.78. The van der Waals surface area contributed by atoms with Crippen LogP contribution in [0.5, 0.6) is 0 Å². The van der Waals surface area contributed by atoms with Crippen molar-refractivity contribution in [2.75, 3.05) is 6.54 Å². The summed E-state index contributed by atoms with van der Waals surface area (Å²) >= 11 is 6.02. The van der Waals surface area contributed by atoms with Crippen molar-refractivity contribution in [3.63, 3.8) is 0 Å². The molecule has 0 aliphatic heterocycles. The predicted molar refractivity (Wildman–Crippen MR) is 58.7 cm³/mol. The molecule has 0 spiro atoms. The van der Waals surface area contributed by atoms with Crippen LogP contribution < -0.4 is 5.73 Å². The smallest absolute Gasteiger partial charge is 0.152 e. The minimum atomic E-state index is 0.626. The van der Waals surface area contributed by atoms with Gasteiger partial charge in [0.05, 0.1) is 11.3 Å². The molecule has 0 aliphatic carbocycles. The highest BCUT2D eigenvalue weighted by atomic mass is 35.5. The average Bonchev–Trinajstić information content (AvgIpc) is 2.58. The molecule has 3 heteroatoms. The summed E-state index contributed by atoms with van der Waals surface area (Å²) in [6.07, 6.45) is 2.57. The maximum atomic E-state index is 6.02. The van der Waals surface area contributed by atoms with Gasteiger partial charge in [-0.2, -0.15) is 0 Å². The number of aryl methyl sites for hydroxylation is 1. The minimum Gasteiger partial charge on any atom is -0.462 e. The van der Waals surface area contributed by atoms with Crippen molar-refractivity contribution in [1.82, 2.24) is 0 Å². The van der Waals surface area contributed by atoms with E-state index in [0.29, 0.717) is 11.6 Å². The van der Waals surface area contributed by atoms with Gasteiger partial charge in [-0.3, -0.25) is 0 Å². The van der Waals surface area contributed by atoms with Gasteiger partial charge >= 0.3 is 0 Å². The molecule has 2 nitrogen and oxygen atoms in total. The molecule has 2 aromatic rings. The van der Waals surface area contributed by atoms with Gasteiger partial charge in [0.2, 0.25) is 0 Å². The fraction of sp³-hybridized carbons (Fsp3) is 0.273. The largest absolute Gasteiger partial charge is 0.462 e. The average molecular weight is 210 g/mol. The number of fused-ring (bicyclic) bond motifs is 1. The molecular weight excluding hydrogens is 198 g/mol. The molecule has 0 unspecified atom stereocenters. The van der Waals surface area contributed by atoms with Gasteiger partial charge in [-0.25, -0.2) is 0 Å².